The lowest BCUT2D eigenvalue weighted by molar-refractivity contribution is 0.359. The molecular formula is C12H8Cl2O7S. The number of rotatable bonds is 2. The molecule has 2 rings (SSSR count). The maximum Gasteiger partial charge on any atom is 0.203 e. The molecule has 0 aliphatic carbocycles. The summed E-state index contributed by atoms with van der Waals surface area (Å²) in [5, 5.41) is 56.4. The van der Waals surface area contributed by atoms with E-state index >= 15 is 0 Å². The minimum atomic E-state index is -2.34. The number of aromatic hydroxyl groups is 6. The largest absolute Gasteiger partial charge is 0.503 e. The van der Waals surface area contributed by atoms with Gasteiger partial charge in [0, 0.05) is 0 Å². The molecular weight excluding hydrogens is 359 g/mol. The number of phenols is 6. The van der Waals surface area contributed by atoms with Crippen LogP contribution in [0, 0.1) is 0 Å². The molecule has 0 bridgehead atoms. The second-order valence-electron chi connectivity index (χ2n) is 4.07. The molecule has 0 fully saturated rings. The van der Waals surface area contributed by atoms with Crippen molar-refractivity contribution in [3.05, 3.63) is 22.2 Å². The molecule has 0 aromatic heterocycles. The maximum absolute atomic E-state index is 12.4. The van der Waals surface area contributed by atoms with Gasteiger partial charge in [0.25, 0.3) is 0 Å². The SMILES string of the molecule is O=S(c1cc(Cl)c(O)c(O)c1O)c1cc(Cl)c(O)c(O)c1O. The zero-order valence-electron chi connectivity index (χ0n) is 10.4. The Morgan fingerprint density at radius 3 is 1.27 bits per heavy atom. The molecule has 118 valence electrons. The highest BCUT2D eigenvalue weighted by atomic mass is 35.5. The summed E-state index contributed by atoms with van der Waals surface area (Å²) >= 11 is 11.2. The van der Waals surface area contributed by atoms with E-state index in [2.05, 4.69) is 0 Å². The minimum Gasteiger partial charge on any atom is -0.503 e. The molecule has 0 saturated carbocycles. The Labute approximate surface area is 135 Å². The molecule has 0 amide bonds. The Morgan fingerprint density at radius 2 is 0.955 bits per heavy atom. The quantitative estimate of drug-likeness (QED) is 0.448. The molecule has 0 radical (unpaired) electrons. The topological polar surface area (TPSA) is 138 Å². The van der Waals surface area contributed by atoms with E-state index in [4.69, 9.17) is 23.2 Å². The minimum absolute atomic E-state index is 0.396. The van der Waals surface area contributed by atoms with Crippen LogP contribution in [0.5, 0.6) is 34.5 Å². The van der Waals surface area contributed by atoms with Gasteiger partial charge in [0.05, 0.1) is 30.6 Å². The van der Waals surface area contributed by atoms with Gasteiger partial charge < -0.3 is 30.6 Å². The third-order valence-electron chi connectivity index (χ3n) is 2.73. The normalized spacial score (nSPS) is 11.0. The first-order chi connectivity index (χ1) is 10.2. The second kappa shape index (κ2) is 5.64. The van der Waals surface area contributed by atoms with Gasteiger partial charge in [0.1, 0.15) is 0 Å². The van der Waals surface area contributed by atoms with E-state index in [0.29, 0.717) is 0 Å². The summed E-state index contributed by atoms with van der Waals surface area (Å²) in [6.07, 6.45) is 0. The van der Waals surface area contributed by atoms with E-state index in [1.807, 2.05) is 0 Å². The molecule has 0 aliphatic heterocycles. The molecule has 0 aliphatic rings. The van der Waals surface area contributed by atoms with Crippen molar-refractivity contribution in [2.45, 2.75) is 9.79 Å². The smallest absolute Gasteiger partial charge is 0.203 e. The van der Waals surface area contributed by atoms with Gasteiger partial charge in [-0.15, -0.1) is 0 Å². The van der Waals surface area contributed by atoms with Crippen LogP contribution in [0.25, 0.3) is 0 Å². The molecule has 6 N–H and O–H groups in total. The Bertz CT molecular complexity index is 742. The number of hydrogen-bond acceptors (Lipinski definition) is 7. The van der Waals surface area contributed by atoms with Crippen LogP contribution in [-0.4, -0.2) is 34.8 Å². The Morgan fingerprint density at radius 1 is 0.636 bits per heavy atom. The van der Waals surface area contributed by atoms with Crippen molar-refractivity contribution in [1.82, 2.24) is 0 Å². The Hall–Kier alpha value is -2.03. The molecule has 0 saturated heterocycles. The van der Waals surface area contributed by atoms with Gasteiger partial charge in [-0.3, -0.25) is 0 Å². The zero-order chi connectivity index (χ0) is 16.8. The summed E-state index contributed by atoms with van der Waals surface area (Å²) < 4.78 is 12.4. The van der Waals surface area contributed by atoms with Gasteiger partial charge in [-0.05, 0) is 12.1 Å². The fraction of sp³-hybridized carbons (Fsp3) is 0. The lowest BCUT2D eigenvalue weighted by Gasteiger charge is -2.12. The first-order valence-corrected chi connectivity index (χ1v) is 7.35. The molecule has 2 aromatic carbocycles. The van der Waals surface area contributed by atoms with Crippen LogP contribution in [0.2, 0.25) is 10.0 Å². The molecule has 7 nitrogen and oxygen atoms in total. The van der Waals surface area contributed by atoms with E-state index in [-0.39, 0.29) is 0 Å². The maximum atomic E-state index is 12.4. The Kier molecular flexibility index (Phi) is 4.19. The number of halogens is 2. The van der Waals surface area contributed by atoms with Gasteiger partial charge in [0.15, 0.2) is 23.0 Å². The second-order valence-corrected chi connectivity index (χ2v) is 6.30. The highest BCUT2D eigenvalue weighted by Crippen LogP contribution is 2.48. The van der Waals surface area contributed by atoms with Crippen LogP contribution >= 0.6 is 23.2 Å². The van der Waals surface area contributed by atoms with Gasteiger partial charge in [0.2, 0.25) is 11.5 Å². The van der Waals surface area contributed by atoms with E-state index in [0.717, 1.165) is 12.1 Å². The van der Waals surface area contributed by atoms with Gasteiger partial charge in [-0.2, -0.15) is 0 Å². The monoisotopic (exact) mass is 366 g/mol. The summed E-state index contributed by atoms with van der Waals surface area (Å²) in [4.78, 5) is -0.895. The van der Waals surface area contributed by atoms with Crippen molar-refractivity contribution in [1.29, 1.82) is 0 Å². The van der Waals surface area contributed by atoms with Gasteiger partial charge in [-0.1, -0.05) is 23.2 Å². The molecule has 0 heterocycles. The summed E-state index contributed by atoms with van der Waals surface area (Å²) in [5.74, 6) is -5.47. The first kappa shape index (κ1) is 16.3. The average Bonchev–Trinajstić information content (AvgIpc) is 2.49. The highest BCUT2D eigenvalue weighted by Gasteiger charge is 2.25. The lowest BCUT2D eigenvalue weighted by Crippen LogP contribution is -1.96. The molecule has 0 spiro atoms. The standard InChI is InChI=1S/C12H8Cl2O7S/c13-3-1-5(9(17)11(19)7(3)15)22(21)6-2-4(14)8(16)12(20)10(6)18/h1-2,15-20H. The number of phenolic OH excluding ortho intramolecular Hbond substituents is 6. The predicted molar refractivity (Wildman–Crippen MR) is 77.6 cm³/mol. The molecule has 2 aromatic rings. The Balaban J connectivity index is 2.69. The summed E-state index contributed by atoms with van der Waals surface area (Å²) in [7, 11) is -2.34. The summed E-state index contributed by atoms with van der Waals surface area (Å²) in [6.45, 7) is 0. The third kappa shape index (κ3) is 2.45. The highest BCUT2D eigenvalue weighted by molar-refractivity contribution is 7.85. The van der Waals surface area contributed by atoms with Crippen LogP contribution in [0.4, 0.5) is 0 Å². The van der Waals surface area contributed by atoms with Crippen LogP contribution in [0.1, 0.15) is 0 Å². The van der Waals surface area contributed by atoms with Crippen LogP contribution in [0.3, 0.4) is 0 Å². The lowest BCUT2D eigenvalue weighted by atomic mass is 10.3. The number of benzene rings is 2. The van der Waals surface area contributed by atoms with Crippen molar-refractivity contribution >= 4 is 34.0 Å². The van der Waals surface area contributed by atoms with E-state index < -0.39 is 65.1 Å². The fourth-order valence-electron chi connectivity index (χ4n) is 1.59. The van der Waals surface area contributed by atoms with Crippen molar-refractivity contribution in [3.63, 3.8) is 0 Å². The zero-order valence-corrected chi connectivity index (χ0v) is 12.7. The van der Waals surface area contributed by atoms with E-state index in [1.54, 1.807) is 0 Å². The molecule has 0 unspecified atom stereocenters. The number of hydrogen-bond donors (Lipinski definition) is 6. The first-order valence-electron chi connectivity index (χ1n) is 5.45. The van der Waals surface area contributed by atoms with Crippen molar-refractivity contribution in [3.8, 4) is 34.5 Å². The fourth-order valence-corrected chi connectivity index (χ4v) is 3.35. The van der Waals surface area contributed by atoms with Gasteiger partial charge in [-0.25, -0.2) is 4.21 Å². The van der Waals surface area contributed by atoms with Crippen LogP contribution < -0.4 is 0 Å². The van der Waals surface area contributed by atoms with Crippen molar-refractivity contribution < 1.29 is 34.8 Å². The van der Waals surface area contributed by atoms with E-state index in [9.17, 15) is 34.8 Å². The summed E-state index contributed by atoms with van der Waals surface area (Å²) in [6, 6.07) is 1.80. The molecule has 0 atom stereocenters. The van der Waals surface area contributed by atoms with Crippen LogP contribution in [0.15, 0.2) is 21.9 Å². The average molecular weight is 367 g/mol. The molecule has 22 heavy (non-hydrogen) atoms. The summed E-state index contributed by atoms with van der Waals surface area (Å²) in [5.41, 5.74) is 0. The van der Waals surface area contributed by atoms with E-state index in [1.165, 1.54) is 0 Å². The van der Waals surface area contributed by atoms with Crippen LogP contribution in [-0.2, 0) is 10.8 Å². The van der Waals surface area contributed by atoms with Crippen molar-refractivity contribution in [2.24, 2.45) is 0 Å². The van der Waals surface area contributed by atoms with Crippen molar-refractivity contribution in [2.75, 3.05) is 0 Å². The van der Waals surface area contributed by atoms with Gasteiger partial charge >= 0.3 is 0 Å². The third-order valence-corrected chi connectivity index (χ3v) is 4.73. The predicted octanol–water partition coefficient (Wildman–Crippen LogP) is 2.39. The molecule has 10 heteroatoms.